The molecule has 0 saturated heterocycles. The van der Waals surface area contributed by atoms with Crippen molar-refractivity contribution in [2.45, 2.75) is 50.5 Å². The first kappa shape index (κ1) is 15.0. The van der Waals surface area contributed by atoms with E-state index in [2.05, 4.69) is 0 Å². The molecule has 0 heterocycles. The standard InChI is InChI=1S/C19H22O3/c20-17(21)12-15-8-4-6-14-7-5-9-16(18(14)15)13-19(22)10-2-1-3-11-19/h4-9,22H,1-3,10-13H2,(H,20,21). The van der Waals surface area contributed by atoms with Crippen LogP contribution in [0.5, 0.6) is 0 Å². The van der Waals surface area contributed by atoms with Crippen molar-refractivity contribution >= 4 is 16.7 Å². The van der Waals surface area contributed by atoms with E-state index < -0.39 is 11.6 Å². The molecule has 0 aromatic heterocycles. The molecular formula is C19H22O3. The predicted molar refractivity (Wildman–Crippen MR) is 87.0 cm³/mol. The number of hydrogen-bond donors (Lipinski definition) is 2. The molecule has 1 aliphatic carbocycles. The monoisotopic (exact) mass is 298 g/mol. The van der Waals surface area contributed by atoms with Crippen molar-refractivity contribution in [3.63, 3.8) is 0 Å². The molecule has 1 fully saturated rings. The van der Waals surface area contributed by atoms with E-state index >= 15 is 0 Å². The Hall–Kier alpha value is -1.87. The molecular weight excluding hydrogens is 276 g/mol. The van der Waals surface area contributed by atoms with Gasteiger partial charge in [-0.25, -0.2) is 0 Å². The van der Waals surface area contributed by atoms with Gasteiger partial charge in [0.25, 0.3) is 0 Å². The van der Waals surface area contributed by atoms with Gasteiger partial charge in [-0.05, 0) is 34.7 Å². The summed E-state index contributed by atoms with van der Waals surface area (Å²) < 4.78 is 0. The molecule has 3 nitrogen and oxygen atoms in total. The Kier molecular flexibility index (Phi) is 4.16. The maximum absolute atomic E-state index is 11.1. The summed E-state index contributed by atoms with van der Waals surface area (Å²) in [6, 6.07) is 11.8. The van der Waals surface area contributed by atoms with Crippen LogP contribution in [-0.2, 0) is 17.6 Å². The number of aliphatic hydroxyl groups is 1. The summed E-state index contributed by atoms with van der Waals surface area (Å²) in [7, 11) is 0. The Bertz CT molecular complexity index is 679. The maximum atomic E-state index is 11.1. The number of aliphatic carboxylic acids is 1. The largest absolute Gasteiger partial charge is 0.481 e. The Morgan fingerprint density at radius 3 is 2.27 bits per heavy atom. The van der Waals surface area contributed by atoms with E-state index in [1.807, 2.05) is 36.4 Å². The minimum atomic E-state index is -0.821. The first-order valence-corrected chi connectivity index (χ1v) is 8.01. The highest BCUT2D eigenvalue weighted by atomic mass is 16.4. The molecule has 0 bridgehead atoms. The highest BCUT2D eigenvalue weighted by Gasteiger charge is 2.30. The van der Waals surface area contributed by atoms with Crippen molar-refractivity contribution in [3.8, 4) is 0 Å². The minimum Gasteiger partial charge on any atom is -0.481 e. The average molecular weight is 298 g/mol. The molecule has 2 aromatic rings. The molecule has 2 aromatic carbocycles. The Labute approximate surface area is 130 Å². The van der Waals surface area contributed by atoms with E-state index in [0.29, 0.717) is 6.42 Å². The zero-order valence-corrected chi connectivity index (χ0v) is 12.7. The molecule has 3 rings (SSSR count). The molecule has 0 atom stereocenters. The van der Waals surface area contributed by atoms with Gasteiger partial charge in [0.05, 0.1) is 12.0 Å². The van der Waals surface area contributed by atoms with Gasteiger partial charge in [-0.3, -0.25) is 4.79 Å². The molecule has 116 valence electrons. The summed E-state index contributed by atoms with van der Waals surface area (Å²) in [5, 5.41) is 22.0. The molecule has 0 unspecified atom stereocenters. The van der Waals surface area contributed by atoms with Crippen LogP contribution in [0.2, 0.25) is 0 Å². The highest BCUT2D eigenvalue weighted by Crippen LogP contribution is 2.34. The summed E-state index contributed by atoms with van der Waals surface area (Å²) in [5.41, 5.74) is 1.27. The van der Waals surface area contributed by atoms with Crippen LogP contribution in [0.25, 0.3) is 10.8 Å². The second kappa shape index (κ2) is 6.09. The van der Waals surface area contributed by atoms with E-state index in [1.54, 1.807) is 0 Å². The van der Waals surface area contributed by atoms with Crippen molar-refractivity contribution in [2.75, 3.05) is 0 Å². The molecule has 0 radical (unpaired) electrons. The summed E-state index contributed by atoms with van der Waals surface area (Å²) in [6.45, 7) is 0. The summed E-state index contributed by atoms with van der Waals surface area (Å²) in [5.74, 6) is -0.821. The van der Waals surface area contributed by atoms with Crippen LogP contribution in [-0.4, -0.2) is 21.8 Å². The molecule has 22 heavy (non-hydrogen) atoms. The Morgan fingerprint density at radius 1 is 1.00 bits per heavy atom. The van der Waals surface area contributed by atoms with Crippen LogP contribution in [0, 0.1) is 0 Å². The molecule has 0 amide bonds. The first-order valence-electron chi connectivity index (χ1n) is 8.01. The van der Waals surface area contributed by atoms with Gasteiger partial charge in [0, 0.05) is 6.42 Å². The van der Waals surface area contributed by atoms with Crippen LogP contribution in [0.15, 0.2) is 36.4 Å². The maximum Gasteiger partial charge on any atom is 0.307 e. The van der Waals surface area contributed by atoms with E-state index in [1.165, 1.54) is 6.42 Å². The van der Waals surface area contributed by atoms with Gasteiger partial charge in [-0.15, -0.1) is 0 Å². The van der Waals surface area contributed by atoms with E-state index in [-0.39, 0.29) is 6.42 Å². The molecule has 3 heteroatoms. The first-order chi connectivity index (χ1) is 10.6. The lowest BCUT2D eigenvalue weighted by molar-refractivity contribution is -0.136. The third kappa shape index (κ3) is 3.14. The molecule has 1 aliphatic rings. The fourth-order valence-electron chi connectivity index (χ4n) is 3.70. The van der Waals surface area contributed by atoms with Crippen LogP contribution < -0.4 is 0 Å². The van der Waals surface area contributed by atoms with Gasteiger partial charge in [0.2, 0.25) is 0 Å². The fraction of sp³-hybridized carbons (Fsp3) is 0.421. The zero-order valence-electron chi connectivity index (χ0n) is 12.7. The zero-order chi connectivity index (χ0) is 15.6. The number of carboxylic acid groups (broad SMARTS) is 1. The van der Waals surface area contributed by atoms with Crippen LogP contribution in [0.1, 0.15) is 43.2 Å². The van der Waals surface area contributed by atoms with Gasteiger partial charge in [-0.2, -0.15) is 0 Å². The quantitative estimate of drug-likeness (QED) is 0.904. The molecule has 0 spiro atoms. The second-order valence-electron chi connectivity index (χ2n) is 6.46. The van der Waals surface area contributed by atoms with Gasteiger partial charge >= 0.3 is 5.97 Å². The average Bonchev–Trinajstić information content (AvgIpc) is 2.47. The molecule has 2 N–H and O–H groups in total. The minimum absolute atomic E-state index is 0.0206. The fourth-order valence-corrected chi connectivity index (χ4v) is 3.70. The third-order valence-corrected chi connectivity index (χ3v) is 4.72. The third-order valence-electron chi connectivity index (χ3n) is 4.72. The lowest BCUT2D eigenvalue weighted by Gasteiger charge is -2.32. The van der Waals surface area contributed by atoms with Crippen molar-refractivity contribution < 1.29 is 15.0 Å². The van der Waals surface area contributed by atoms with Gasteiger partial charge in [-0.1, -0.05) is 55.7 Å². The smallest absolute Gasteiger partial charge is 0.307 e. The van der Waals surface area contributed by atoms with Gasteiger partial charge in [0.15, 0.2) is 0 Å². The lowest BCUT2D eigenvalue weighted by Crippen LogP contribution is -2.33. The summed E-state index contributed by atoms with van der Waals surface area (Å²) >= 11 is 0. The predicted octanol–water partition coefficient (Wildman–Crippen LogP) is 3.70. The molecule has 0 aliphatic heterocycles. The SMILES string of the molecule is O=C(O)Cc1cccc2cccc(CC3(O)CCCCC3)c12. The second-order valence-corrected chi connectivity index (χ2v) is 6.46. The number of carboxylic acids is 1. The van der Waals surface area contributed by atoms with Crippen molar-refractivity contribution in [2.24, 2.45) is 0 Å². The van der Waals surface area contributed by atoms with Crippen molar-refractivity contribution in [1.29, 1.82) is 0 Å². The Morgan fingerprint density at radius 2 is 1.64 bits per heavy atom. The highest BCUT2D eigenvalue weighted by molar-refractivity contribution is 5.91. The van der Waals surface area contributed by atoms with Crippen molar-refractivity contribution in [1.82, 2.24) is 0 Å². The number of fused-ring (bicyclic) bond motifs is 1. The topological polar surface area (TPSA) is 57.5 Å². The van der Waals surface area contributed by atoms with Crippen LogP contribution in [0.4, 0.5) is 0 Å². The van der Waals surface area contributed by atoms with Gasteiger partial charge in [0.1, 0.15) is 0 Å². The number of carbonyl (C=O) groups is 1. The van der Waals surface area contributed by atoms with Gasteiger partial charge < -0.3 is 10.2 Å². The number of benzene rings is 2. The summed E-state index contributed by atoms with van der Waals surface area (Å²) in [6.07, 6.45) is 5.65. The number of rotatable bonds is 4. The normalized spacial score (nSPS) is 17.5. The van der Waals surface area contributed by atoms with E-state index in [9.17, 15) is 9.90 Å². The Balaban J connectivity index is 2.03. The van der Waals surface area contributed by atoms with Crippen LogP contribution in [0.3, 0.4) is 0 Å². The number of hydrogen-bond acceptors (Lipinski definition) is 2. The lowest BCUT2D eigenvalue weighted by atomic mass is 9.79. The van der Waals surface area contributed by atoms with Crippen LogP contribution >= 0.6 is 0 Å². The molecule has 1 saturated carbocycles. The van der Waals surface area contributed by atoms with E-state index in [4.69, 9.17) is 5.11 Å². The van der Waals surface area contributed by atoms with Crippen molar-refractivity contribution in [3.05, 3.63) is 47.5 Å². The van der Waals surface area contributed by atoms with E-state index in [0.717, 1.165) is 47.6 Å². The summed E-state index contributed by atoms with van der Waals surface area (Å²) in [4.78, 5) is 11.1.